The standard InChI is InChI=1S/C19H27N3O5S/c23-19(20-7-8-21-9-13-26-14-10-21)6-3-17-1-4-18(5-2-17)28(24,25)22-11-15-27-16-12-22/h1-6H,7-16H2,(H,20,23)/b6-3+. The summed E-state index contributed by atoms with van der Waals surface area (Å²) in [4.78, 5) is 14.4. The number of rotatable bonds is 7. The maximum atomic E-state index is 12.6. The Balaban J connectivity index is 1.48. The molecule has 2 fully saturated rings. The summed E-state index contributed by atoms with van der Waals surface area (Å²) in [7, 11) is -3.50. The molecule has 1 amide bonds. The van der Waals surface area contributed by atoms with Crippen LogP contribution in [0.5, 0.6) is 0 Å². The third-order valence-electron chi connectivity index (χ3n) is 4.75. The molecule has 1 aromatic rings. The smallest absolute Gasteiger partial charge is 0.244 e. The van der Waals surface area contributed by atoms with Gasteiger partial charge in [0, 0.05) is 45.3 Å². The monoisotopic (exact) mass is 409 g/mol. The van der Waals surface area contributed by atoms with Gasteiger partial charge in [0.05, 0.1) is 31.3 Å². The Bertz CT molecular complexity index is 767. The molecule has 1 N–H and O–H groups in total. The molecule has 1 aromatic carbocycles. The third-order valence-corrected chi connectivity index (χ3v) is 6.66. The van der Waals surface area contributed by atoms with E-state index in [-0.39, 0.29) is 10.8 Å². The van der Waals surface area contributed by atoms with Crippen molar-refractivity contribution < 1.29 is 22.7 Å². The van der Waals surface area contributed by atoms with Crippen LogP contribution < -0.4 is 5.32 Å². The molecule has 0 spiro atoms. The minimum atomic E-state index is -3.50. The third kappa shape index (κ3) is 5.86. The van der Waals surface area contributed by atoms with Crippen LogP contribution in [0.25, 0.3) is 6.08 Å². The molecule has 9 heteroatoms. The number of hydrogen-bond donors (Lipinski definition) is 1. The van der Waals surface area contributed by atoms with Gasteiger partial charge in [-0.15, -0.1) is 0 Å². The van der Waals surface area contributed by atoms with Crippen molar-refractivity contribution in [2.45, 2.75) is 4.90 Å². The van der Waals surface area contributed by atoms with Crippen molar-refractivity contribution in [3.8, 4) is 0 Å². The number of amides is 1. The summed E-state index contributed by atoms with van der Waals surface area (Å²) in [6.45, 7) is 6.23. The second kappa shape index (κ2) is 10.1. The predicted octanol–water partition coefficient (Wildman–Crippen LogP) is 0.169. The van der Waals surface area contributed by atoms with Crippen molar-refractivity contribution in [1.82, 2.24) is 14.5 Å². The van der Waals surface area contributed by atoms with Crippen LogP contribution in [0.2, 0.25) is 0 Å². The Hall–Kier alpha value is -1.78. The Morgan fingerprint density at radius 3 is 2.25 bits per heavy atom. The fourth-order valence-electron chi connectivity index (χ4n) is 3.08. The Kier molecular flexibility index (Phi) is 7.57. The first kappa shape index (κ1) is 20.9. The number of sulfonamides is 1. The van der Waals surface area contributed by atoms with E-state index < -0.39 is 10.0 Å². The van der Waals surface area contributed by atoms with E-state index in [9.17, 15) is 13.2 Å². The zero-order valence-electron chi connectivity index (χ0n) is 15.9. The van der Waals surface area contributed by atoms with Crippen LogP contribution in [0.15, 0.2) is 35.2 Å². The van der Waals surface area contributed by atoms with Crippen LogP contribution in [0.4, 0.5) is 0 Å². The van der Waals surface area contributed by atoms with E-state index in [0.29, 0.717) is 32.8 Å². The van der Waals surface area contributed by atoms with Gasteiger partial charge in [-0.25, -0.2) is 8.42 Å². The van der Waals surface area contributed by atoms with E-state index in [1.54, 1.807) is 30.3 Å². The van der Waals surface area contributed by atoms with Gasteiger partial charge in [-0.2, -0.15) is 4.31 Å². The summed E-state index contributed by atoms with van der Waals surface area (Å²) in [5.74, 6) is -0.168. The molecule has 0 atom stereocenters. The first-order chi connectivity index (χ1) is 13.6. The second-order valence-electron chi connectivity index (χ2n) is 6.66. The van der Waals surface area contributed by atoms with E-state index >= 15 is 0 Å². The van der Waals surface area contributed by atoms with Gasteiger partial charge in [-0.1, -0.05) is 12.1 Å². The van der Waals surface area contributed by atoms with Crippen molar-refractivity contribution in [3.63, 3.8) is 0 Å². The van der Waals surface area contributed by atoms with E-state index in [1.807, 2.05) is 0 Å². The summed E-state index contributed by atoms with van der Waals surface area (Å²) in [6, 6.07) is 6.54. The van der Waals surface area contributed by atoms with Crippen molar-refractivity contribution in [2.75, 3.05) is 65.7 Å². The normalized spacial score (nSPS) is 19.7. The summed E-state index contributed by atoms with van der Waals surface area (Å²) in [5, 5.41) is 2.86. The second-order valence-corrected chi connectivity index (χ2v) is 8.60. The van der Waals surface area contributed by atoms with Crippen molar-refractivity contribution in [2.24, 2.45) is 0 Å². The Morgan fingerprint density at radius 2 is 1.61 bits per heavy atom. The molecule has 154 valence electrons. The molecule has 0 radical (unpaired) electrons. The number of ether oxygens (including phenoxy) is 2. The van der Waals surface area contributed by atoms with Gasteiger partial charge in [0.15, 0.2) is 0 Å². The molecular weight excluding hydrogens is 382 g/mol. The lowest BCUT2D eigenvalue weighted by atomic mass is 10.2. The van der Waals surface area contributed by atoms with Gasteiger partial charge < -0.3 is 14.8 Å². The van der Waals surface area contributed by atoms with Crippen molar-refractivity contribution in [3.05, 3.63) is 35.9 Å². The highest BCUT2D eigenvalue weighted by molar-refractivity contribution is 7.89. The van der Waals surface area contributed by atoms with Crippen molar-refractivity contribution in [1.29, 1.82) is 0 Å². The molecule has 0 unspecified atom stereocenters. The number of nitrogens with zero attached hydrogens (tertiary/aromatic N) is 2. The number of hydrogen-bond acceptors (Lipinski definition) is 6. The molecule has 0 saturated carbocycles. The number of carbonyl (C=O) groups excluding carboxylic acids is 1. The fourth-order valence-corrected chi connectivity index (χ4v) is 4.49. The molecule has 0 bridgehead atoms. The maximum absolute atomic E-state index is 12.6. The van der Waals surface area contributed by atoms with Crippen LogP contribution in [-0.4, -0.2) is 89.2 Å². The number of benzene rings is 1. The summed E-state index contributed by atoms with van der Waals surface area (Å²) in [6.07, 6.45) is 3.14. The predicted molar refractivity (Wildman–Crippen MR) is 105 cm³/mol. The molecule has 3 rings (SSSR count). The number of nitrogens with one attached hydrogen (secondary N) is 1. The van der Waals surface area contributed by atoms with Gasteiger partial charge in [-0.05, 0) is 23.8 Å². The lowest BCUT2D eigenvalue weighted by Crippen LogP contribution is -2.41. The lowest BCUT2D eigenvalue weighted by molar-refractivity contribution is -0.116. The van der Waals surface area contributed by atoms with Crippen LogP contribution in [0.1, 0.15) is 5.56 Å². The van der Waals surface area contributed by atoms with Gasteiger partial charge >= 0.3 is 0 Å². The minimum absolute atomic E-state index is 0.168. The summed E-state index contributed by atoms with van der Waals surface area (Å²) < 4.78 is 37.1. The zero-order chi connectivity index (χ0) is 19.8. The van der Waals surface area contributed by atoms with Gasteiger partial charge in [0.1, 0.15) is 0 Å². The summed E-state index contributed by atoms with van der Waals surface area (Å²) >= 11 is 0. The molecule has 2 aliphatic rings. The van der Waals surface area contributed by atoms with E-state index in [0.717, 1.165) is 38.4 Å². The molecule has 28 heavy (non-hydrogen) atoms. The number of carbonyl (C=O) groups is 1. The molecule has 0 aliphatic carbocycles. The maximum Gasteiger partial charge on any atom is 0.244 e. The molecule has 2 heterocycles. The SMILES string of the molecule is O=C(/C=C/c1ccc(S(=O)(=O)N2CCOCC2)cc1)NCCN1CCOCC1. The first-order valence-corrected chi connectivity index (χ1v) is 10.9. The first-order valence-electron chi connectivity index (χ1n) is 9.50. The summed E-state index contributed by atoms with van der Waals surface area (Å²) in [5.41, 5.74) is 0.768. The van der Waals surface area contributed by atoms with Gasteiger partial charge in [-0.3, -0.25) is 9.69 Å². The number of morpholine rings is 2. The molecule has 8 nitrogen and oxygen atoms in total. The van der Waals surface area contributed by atoms with Crippen LogP contribution in [0.3, 0.4) is 0 Å². The minimum Gasteiger partial charge on any atom is -0.379 e. The fraction of sp³-hybridized carbons (Fsp3) is 0.526. The van der Waals surface area contributed by atoms with Crippen molar-refractivity contribution >= 4 is 22.0 Å². The average Bonchev–Trinajstić information content (AvgIpc) is 2.74. The van der Waals surface area contributed by atoms with Gasteiger partial charge in [0.2, 0.25) is 15.9 Å². The molecule has 2 saturated heterocycles. The highest BCUT2D eigenvalue weighted by Gasteiger charge is 2.25. The highest BCUT2D eigenvalue weighted by atomic mass is 32.2. The zero-order valence-corrected chi connectivity index (χ0v) is 16.7. The largest absolute Gasteiger partial charge is 0.379 e. The Labute approximate surface area is 166 Å². The van der Waals surface area contributed by atoms with E-state index in [4.69, 9.17) is 9.47 Å². The average molecular weight is 410 g/mol. The Morgan fingerprint density at radius 1 is 1.00 bits per heavy atom. The highest BCUT2D eigenvalue weighted by Crippen LogP contribution is 2.18. The molecular formula is C19H27N3O5S. The molecule has 2 aliphatic heterocycles. The van der Waals surface area contributed by atoms with Gasteiger partial charge in [0.25, 0.3) is 0 Å². The van der Waals surface area contributed by atoms with E-state index in [1.165, 1.54) is 10.4 Å². The van der Waals surface area contributed by atoms with Crippen LogP contribution in [0, 0.1) is 0 Å². The van der Waals surface area contributed by atoms with Crippen LogP contribution in [-0.2, 0) is 24.3 Å². The van der Waals surface area contributed by atoms with E-state index in [2.05, 4.69) is 10.2 Å². The lowest BCUT2D eigenvalue weighted by Gasteiger charge is -2.26. The topological polar surface area (TPSA) is 88.2 Å². The molecule has 0 aromatic heterocycles. The van der Waals surface area contributed by atoms with Crippen LogP contribution >= 0.6 is 0 Å². The quantitative estimate of drug-likeness (QED) is 0.646.